The molecule has 0 radical (unpaired) electrons. The van der Waals surface area contributed by atoms with Crippen molar-refractivity contribution in [1.82, 2.24) is 0 Å². The van der Waals surface area contributed by atoms with Gasteiger partial charge in [-0.3, -0.25) is 9.59 Å². The van der Waals surface area contributed by atoms with E-state index in [-0.39, 0.29) is 0 Å². The maximum atomic E-state index is 11.6. The Bertz CT molecular complexity index is 936. The second-order valence-electron chi connectivity index (χ2n) is 7.81. The number of rotatable bonds is 6. The SMILES string of the molecule is Cc1c(C)c2c(c(C)c1OCc1ccccc1)CCC(C)(C(C(=O)O)C(=O)O)O2. The summed E-state index contributed by atoms with van der Waals surface area (Å²) in [6.07, 6.45) is 0.822. The van der Waals surface area contributed by atoms with Gasteiger partial charge < -0.3 is 19.7 Å². The van der Waals surface area contributed by atoms with E-state index < -0.39 is 23.5 Å². The number of aliphatic carboxylic acids is 2. The van der Waals surface area contributed by atoms with Crippen molar-refractivity contribution in [2.45, 2.75) is 52.7 Å². The van der Waals surface area contributed by atoms with E-state index >= 15 is 0 Å². The third kappa shape index (κ3) is 3.79. The summed E-state index contributed by atoms with van der Waals surface area (Å²) in [6, 6.07) is 9.89. The lowest BCUT2D eigenvalue weighted by atomic mass is 9.80. The molecule has 6 nitrogen and oxygen atoms in total. The van der Waals surface area contributed by atoms with Crippen molar-refractivity contribution >= 4 is 11.9 Å². The molecule has 0 saturated carbocycles. The predicted octanol–water partition coefficient (Wildman–Crippen LogP) is 4.06. The summed E-state index contributed by atoms with van der Waals surface area (Å²) < 4.78 is 12.2. The molecule has 0 aromatic heterocycles. The fraction of sp³-hybridized carbons (Fsp3) is 0.391. The molecule has 6 heteroatoms. The zero-order chi connectivity index (χ0) is 21.3. The largest absolute Gasteiger partial charge is 0.488 e. The second kappa shape index (κ2) is 7.78. The zero-order valence-electron chi connectivity index (χ0n) is 17.1. The molecule has 29 heavy (non-hydrogen) atoms. The minimum atomic E-state index is -1.63. The van der Waals surface area contributed by atoms with Crippen molar-refractivity contribution in [2.75, 3.05) is 0 Å². The first-order valence-corrected chi connectivity index (χ1v) is 9.59. The second-order valence-corrected chi connectivity index (χ2v) is 7.81. The molecule has 0 spiro atoms. The van der Waals surface area contributed by atoms with Gasteiger partial charge in [0.15, 0.2) is 5.92 Å². The van der Waals surface area contributed by atoms with Gasteiger partial charge in [0.05, 0.1) is 0 Å². The van der Waals surface area contributed by atoms with Crippen molar-refractivity contribution in [1.29, 1.82) is 0 Å². The van der Waals surface area contributed by atoms with E-state index in [2.05, 4.69) is 0 Å². The first-order chi connectivity index (χ1) is 13.7. The maximum Gasteiger partial charge on any atom is 0.322 e. The molecule has 2 aromatic carbocycles. The van der Waals surface area contributed by atoms with Gasteiger partial charge in [0.1, 0.15) is 23.7 Å². The molecule has 0 amide bonds. The van der Waals surface area contributed by atoms with Gasteiger partial charge in [-0.05, 0) is 62.8 Å². The molecule has 0 fully saturated rings. The van der Waals surface area contributed by atoms with Crippen molar-refractivity contribution in [2.24, 2.45) is 5.92 Å². The topological polar surface area (TPSA) is 93.1 Å². The minimum Gasteiger partial charge on any atom is -0.488 e. The number of carboxylic acid groups (broad SMARTS) is 2. The van der Waals surface area contributed by atoms with E-state index in [1.54, 1.807) is 6.92 Å². The maximum absolute atomic E-state index is 11.6. The molecule has 1 aliphatic heterocycles. The van der Waals surface area contributed by atoms with E-state index in [1.165, 1.54) is 0 Å². The summed E-state index contributed by atoms with van der Waals surface area (Å²) in [5.74, 6) is -3.04. The highest BCUT2D eigenvalue weighted by molar-refractivity contribution is 5.94. The Morgan fingerprint density at radius 3 is 2.28 bits per heavy atom. The summed E-state index contributed by atoms with van der Waals surface area (Å²) >= 11 is 0. The van der Waals surface area contributed by atoms with Gasteiger partial charge in [0.2, 0.25) is 0 Å². The lowest BCUT2D eigenvalue weighted by Crippen LogP contribution is -2.51. The summed E-state index contributed by atoms with van der Waals surface area (Å²) in [7, 11) is 0. The molecule has 3 rings (SSSR count). The van der Waals surface area contributed by atoms with Crippen LogP contribution < -0.4 is 9.47 Å². The van der Waals surface area contributed by atoms with Crippen LogP contribution in [0.2, 0.25) is 0 Å². The molecule has 1 atom stereocenters. The van der Waals surface area contributed by atoms with Gasteiger partial charge in [0, 0.05) is 5.56 Å². The van der Waals surface area contributed by atoms with E-state index in [0.29, 0.717) is 25.2 Å². The van der Waals surface area contributed by atoms with Crippen LogP contribution in [0.3, 0.4) is 0 Å². The summed E-state index contributed by atoms with van der Waals surface area (Å²) in [5.41, 5.74) is 3.39. The van der Waals surface area contributed by atoms with Crippen LogP contribution >= 0.6 is 0 Å². The highest BCUT2D eigenvalue weighted by Gasteiger charge is 2.49. The van der Waals surface area contributed by atoms with Gasteiger partial charge >= 0.3 is 11.9 Å². The molecule has 1 aliphatic rings. The Balaban J connectivity index is 1.96. The lowest BCUT2D eigenvalue weighted by Gasteiger charge is -2.40. The van der Waals surface area contributed by atoms with Crippen LogP contribution in [0.15, 0.2) is 30.3 Å². The van der Waals surface area contributed by atoms with Crippen LogP contribution in [-0.2, 0) is 22.6 Å². The minimum absolute atomic E-state index is 0.296. The highest BCUT2D eigenvalue weighted by atomic mass is 16.5. The number of hydrogen-bond acceptors (Lipinski definition) is 4. The molecule has 1 heterocycles. The van der Waals surface area contributed by atoms with Gasteiger partial charge in [-0.15, -0.1) is 0 Å². The Morgan fingerprint density at radius 1 is 1.07 bits per heavy atom. The number of carbonyl (C=O) groups is 2. The fourth-order valence-corrected chi connectivity index (χ4v) is 4.03. The van der Waals surface area contributed by atoms with E-state index in [9.17, 15) is 19.8 Å². The number of benzene rings is 2. The van der Waals surface area contributed by atoms with E-state index in [1.807, 2.05) is 51.1 Å². The summed E-state index contributed by atoms with van der Waals surface area (Å²) in [6.45, 7) is 7.80. The van der Waals surface area contributed by atoms with Crippen LogP contribution in [0.1, 0.15) is 41.2 Å². The average Bonchev–Trinajstić information content (AvgIpc) is 2.66. The average molecular weight is 398 g/mol. The monoisotopic (exact) mass is 398 g/mol. The summed E-state index contributed by atoms with van der Waals surface area (Å²) in [4.78, 5) is 23.1. The van der Waals surface area contributed by atoms with Gasteiger partial charge in [-0.1, -0.05) is 30.3 Å². The highest BCUT2D eigenvalue weighted by Crippen LogP contribution is 2.45. The van der Waals surface area contributed by atoms with E-state index in [4.69, 9.17) is 9.47 Å². The van der Waals surface area contributed by atoms with Gasteiger partial charge in [-0.25, -0.2) is 0 Å². The zero-order valence-corrected chi connectivity index (χ0v) is 17.1. The molecule has 154 valence electrons. The fourth-order valence-electron chi connectivity index (χ4n) is 4.03. The third-order valence-corrected chi connectivity index (χ3v) is 5.85. The van der Waals surface area contributed by atoms with Crippen molar-refractivity contribution in [3.05, 3.63) is 58.1 Å². The molecule has 0 saturated heterocycles. The number of fused-ring (bicyclic) bond motifs is 1. The van der Waals surface area contributed by atoms with Crippen LogP contribution in [0.25, 0.3) is 0 Å². The van der Waals surface area contributed by atoms with Gasteiger partial charge in [-0.2, -0.15) is 0 Å². The van der Waals surface area contributed by atoms with Crippen LogP contribution in [0.4, 0.5) is 0 Å². The molecular formula is C23H26O6. The standard InChI is InChI=1S/C23H26O6/c1-13-14(2)20-17(10-11-23(4,29-20)18(21(24)25)22(26)27)15(3)19(13)28-12-16-8-6-5-7-9-16/h5-9,18H,10-12H2,1-4H3,(H,24,25)(H,26,27). The Labute approximate surface area is 170 Å². The predicted molar refractivity (Wildman–Crippen MR) is 108 cm³/mol. The first-order valence-electron chi connectivity index (χ1n) is 9.59. The Kier molecular flexibility index (Phi) is 5.55. The molecule has 1 unspecified atom stereocenters. The molecular weight excluding hydrogens is 372 g/mol. The molecule has 2 N–H and O–H groups in total. The molecule has 0 aliphatic carbocycles. The molecule has 0 bridgehead atoms. The first kappa shape index (κ1) is 20.7. The van der Waals surface area contributed by atoms with Crippen LogP contribution in [-0.4, -0.2) is 27.8 Å². The van der Waals surface area contributed by atoms with Crippen molar-refractivity contribution in [3.8, 4) is 11.5 Å². The molecule has 2 aromatic rings. The lowest BCUT2D eigenvalue weighted by molar-refractivity contribution is -0.165. The summed E-state index contributed by atoms with van der Waals surface area (Å²) in [5, 5.41) is 18.9. The number of carboxylic acids is 2. The number of ether oxygens (including phenoxy) is 2. The smallest absolute Gasteiger partial charge is 0.322 e. The number of hydrogen-bond donors (Lipinski definition) is 2. The van der Waals surface area contributed by atoms with Crippen LogP contribution in [0.5, 0.6) is 11.5 Å². The van der Waals surface area contributed by atoms with Crippen molar-refractivity contribution < 1.29 is 29.3 Å². The quantitative estimate of drug-likeness (QED) is 0.713. The van der Waals surface area contributed by atoms with Crippen molar-refractivity contribution in [3.63, 3.8) is 0 Å². The van der Waals surface area contributed by atoms with Crippen LogP contribution in [0, 0.1) is 26.7 Å². The van der Waals surface area contributed by atoms with Gasteiger partial charge in [0.25, 0.3) is 0 Å². The Morgan fingerprint density at radius 2 is 1.69 bits per heavy atom. The Hall–Kier alpha value is -3.02. The van der Waals surface area contributed by atoms with E-state index in [0.717, 1.165) is 33.6 Å². The third-order valence-electron chi connectivity index (χ3n) is 5.85. The normalized spacial score (nSPS) is 18.1.